The molecule has 8 heteroatoms. The molecule has 2 atom stereocenters. The van der Waals surface area contributed by atoms with Crippen LogP contribution in [0.15, 0.2) is 76.2 Å². The van der Waals surface area contributed by atoms with Crippen molar-refractivity contribution >= 4 is 21.0 Å². The third-order valence-electron chi connectivity index (χ3n) is 5.65. The van der Waals surface area contributed by atoms with Gasteiger partial charge in [0.1, 0.15) is 17.4 Å². The quantitative estimate of drug-likeness (QED) is 0.501. The van der Waals surface area contributed by atoms with Crippen LogP contribution in [0.1, 0.15) is 29.4 Å². The fourth-order valence-corrected chi connectivity index (χ4v) is 4.62. The number of furan rings is 1. The Hall–Kier alpha value is -3.36. The maximum atomic E-state index is 11.7. The molecule has 1 unspecified atom stereocenters. The lowest BCUT2D eigenvalue weighted by Gasteiger charge is -2.25. The van der Waals surface area contributed by atoms with Crippen LogP contribution in [-0.4, -0.2) is 26.1 Å². The second-order valence-electron chi connectivity index (χ2n) is 7.82. The van der Waals surface area contributed by atoms with E-state index in [9.17, 15) is 8.42 Å². The Labute approximate surface area is 185 Å². The third kappa shape index (κ3) is 3.83. The van der Waals surface area contributed by atoms with Gasteiger partial charge in [-0.25, -0.2) is 13.6 Å². The van der Waals surface area contributed by atoms with Gasteiger partial charge < -0.3 is 13.9 Å². The van der Waals surface area contributed by atoms with E-state index in [1.54, 1.807) is 12.3 Å². The third-order valence-corrected chi connectivity index (χ3v) is 6.56. The van der Waals surface area contributed by atoms with Gasteiger partial charge in [-0.3, -0.25) is 4.98 Å². The van der Waals surface area contributed by atoms with E-state index in [1.807, 2.05) is 49.4 Å². The number of ether oxygens (including phenoxy) is 2. The molecule has 2 aromatic heterocycles. The zero-order valence-corrected chi connectivity index (χ0v) is 18.2. The molecule has 0 amide bonds. The molecule has 0 bridgehead atoms. The van der Waals surface area contributed by atoms with Gasteiger partial charge in [0, 0.05) is 24.1 Å². The molecular formula is C24H22N2O5S. The molecule has 5 rings (SSSR count). The Balaban J connectivity index is 1.59. The van der Waals surface area contributed by atoms with Crippen LogP contribution in [0.25, 0.3) is 11.0 Å². The molecule has 2 aromatic carbocycles. The molecule has 0 aliphatic carbocycles. The SMILES string of the molecule is Cc1cccnc1[C@@H](c1cc2ccccc2o1)C1CCOc2cc(S(N)(=O)=O)ccc2O1. The molecule has 1 aliphatic rings. The van der Waals surface area contributed by atoms with Gasteiger partial charge in [0.25, 0.3) is 0 Å². The molecule has 164 valence electrons. The van der Waals surface area contributed by atoms with E-state index in [2.05, 4.69) is 4.98 Å². The smallest absolute Gasteiger partial charge is 0.238 e. The predicted octanol–water partition coefficient (Wildman–Crippen LogP) is 4.15. The first-order chi connectivity index (χ1) is 15.4. The monoisotopic (exact) mass is 450 g/mol. The van der Waals surface area contributed by atoms with E-state index in [0.717, 1.165) is 28.0 Å². The van der Waals surface area contributed by atoms with Gasteiger partial charge in [0.05, 0.1) is 23.1 Å². The first kappa shape index (κ1) is 20.5. The molecule has 32 heavy (non-hydrogen) atoms. The Morgan fingerprint density at radius 1 is 1.06 bits per heavy atom. The van der Waals surface area contributed by atoms with Crippen LogP contribution in [0, 0.1) is 6.92 Å². The lowest BCUT2D eigenvalue weighted by Crippen LogP contribution is -2.28. The number of hydrogen-bond donors (Lipinski definition) is 1. The summed E-state index contributed by atoms with van der Waals surface area (Å²) < 4.78 is 41.9. The molecule has 0 saturated heterocycles. The number of aryl methyl sites for hydroxylation is 1. The van der Waals surface area contributed by atoms with E-state index in [1.165, 1.54) is 12.1 Å². The van der Waals surface area contributed by atoms with Crippen molar-refractivity contribution in [2.24, 2.45) is 5.14 Å². The highest BCUT2D eigenvalue weighted by atomic mass is 32.2. The summed E-state index contributed by atoms with van der Waals surface area (Å²) in [7, 11) is -3.85. The van der Waals surface area contributed by atoms with Gasteiger partial charge in [-0.1, -0.05) is 24.3 Å². The van der Waals surface area contributed by atoms with Crippen molar-refractivity contribution in [1.82, 2.24) is 4.98 Å². The molecule has 4 aromatic rings. The Morgan fingerprint density at radius 2 is 1.91 bits per heavy atom. The molecule has 0 spiro atoms. The summed E-state index contributed by atoms with van der Waals surface area (Å²) in [6, 6.07) is 18.2. The minimum absolute atomic E-state index is 0.0206. The summed E-state index contributed by atoms with van der Waals surface area (Å²) in [5.74, 6) is 1.27. The van der Waals surface area contributed by atoms with Crippen LogP contribution < -0.4 is 14.6 Å². The molecule has 3 heterocycles. The van der Waals surface area contributed by atoms with Gasteiger partial charge in [-0.2, -0.15) is 0 Å². The second-order valence-corrected chi connectivity index (χ2v) is 9.38. The van der Waals surface area contributed by atoms with Gasteiger partial charge in [-0.05, 0) is 42.8 Å². The number of fused-ring (bicyclic) bond motifs is 2. The predicted molar refractivity (Wildman–Crippen MR) is 119 cm³/mol. The average Bonchev–Trinajstić information content (AvgIpc) is 3.07. The van der Waals surface area contributed by atoms with Crippen LogP contribution in [0.5, 0.6) is 11.5 Å². The van der Waals surface area contributed by atoms with E-state index in [-0.39, 0.29) is 16.9 Å². The van der Waals surface area contributed by atoms with Crippen molar-refractivity contribution < 1.29 is 22.3 Å². The standard InChI is InChI=1S/C24H22N2O5S/c1-15-5-4-11-26-24(15)23(22-13-16-6-2-3-7-18(16)30-22)20-10-12-29-21-14-17(32(25,27)28)8-9-19(21)31-20/h2-9,11,13-14,20,23H,10,12H2,1H3,(H2,25,27,28)/t20?,23-/m1/s1. The highest BCUT2D eigenvalue weighted by Crippen LogP contribution is 2.40. The van der Waals surface area contributed by atoms with Crippen molar-refractivity contribution in [3.05, 3.63) is 83.9 Å². The lowest BCUT2D eigenvalue weighted by atomic mass is 9.90. The number of primary sulfonamides is 1. The molecular weight excluding hydrogens is 428 g/mol. The summed E-state index contributed by atoms with van der Waals surface area (Å²) in [5, 5.41) is 6.27. The highest BCUT2D eigenvalue weighted by Gasteiger charge is 2.34. The molecule has 0 radical (unpaired) electrons. The maximum Gasteiger partial charge on any atom is 0.238 e. The summed E-state index contributed by atoms with van der Waals surface area (Å²) in [6.07, 6.45) is 1.97. The van der Waals surface area contributed by atoms with Crippen LogP contribution >= 0.6 is 0 Å². The summed E-state index contributed by atoms with van der Waals surface area (Å²) in [6.45, 7) is 2.35. The summed E-state index contributed by atoms with van der Waals surface area (Å²) in [5.41, 5.74) is 2.68. The van der Waals surface area contributed by atoms with Gasteiger partial charge in [0.15, 0.2) is 11.5 Å². The van der Waals surface area contributed by atoms with Crippen LogP contribution in [0.2, 0.25) is 0 Å². The number of aromatic nitrogens is 1. The Bertz CT molecular complexity index is 1360. The number of nitrogens with zero attached hydrogens (tertiary/aromatic N) is 1. The van der Waals surface area contributed by atoms with Gasteiger partial charge in [-0.15, -0.1) is 0 Å². The maximum absolute atomic E-state index is 11.7. The largest absolute Gasteiger partial charge is 0.490 e. The summed E-state index contributed by atoms with van der Waals surface area (Å²) in [4.78, 5) is 4.64. The number of pyridine rings is 1. The zero-order valence-electron chi connectivity index (χ0n) is 17.4. The van der Waals surface area contributed by atoms with Crippen LogP contribution in [0.4, 0.5) is 0 Å². The number of rotatable bonds is 4. The summed E-state index contributed by atoms with van der Waals surface area (Å²) >= 11 is 0. The minimum atomic E-state index is -3.85. The van der Waals surface area contributed by atoms with Crippen molar-refractivity contribution in [2.45, 2.75) is 30.3 Å². The lowest BCUT2D eigenvalue weighted by molar-refractivity contribution is 0.163. The number of sulfonamides is 1. The van der Waals surface area contributed by atoms with Crippen molar-refractivity contribution in [3.63, 3.8) is 0 Å². The van der Waals surface area contributed by atoms with Gasteiger partial charge in [0.2, 0.25) is 10.0 Å². The van der Waals surface area contributed by atoms with E-state index in [0.29, 0.717) is 24.5 Å². The van der Waals surface area contributed by atoms with Crippen molar-refractivity contribution in [1.29, 1.82) is 0 Å². The minimum Gasteiger partial charge on any atom is -0.490 e. The molecule has 0 saturated carbocycles. The number of hydrogen-bond acceptors (Lipinski definition) is 6. The zero-order chi connectivity index (χ0) is 22.3. The molecule has 7 nitrogen and oxygen atoms in total. The Kier molecular flexibility index (Phi) is 5.11. The molecule has 0 fully saturated rings. The first-order valence-electron chi connectivity index (χ1n) is 10.3. The van der Waals surface area contributed by atoms with Crippen molar-refractivity contribution in [2.75, 3.05) is 6.61 Å². The second kappa shape index (κ2) is 7.96. The van der Waals surface area contributed by atoms with Crippen LogP contribution in [-0.2, 0) is 10.0 Å². The average molecular weight is 451 g/mol. The van der Waals surface area contributed by atoms with Gasteiger partial charge >= 0.3 is 0 Å². The van der Waals surface area contributed by atoms with Crippen LogP contribution in [0.3, 0.4) is 0 Å². The van der Waals surface area contributed by atoms with Crippen molar-refractivity contribution in [3.8, 4) is 11.5 Å². The molecule has 1 aliphatic heterocycles. The first-order valence-corrected chi connectivity index (χ1v) is 11.8. The van der Waals surface area contributed by atoms with E-state index in [4.69, 9.17) is 19.0 Å². The van der Waals surface area contributed by atoms with E-state index < -0.39 is 10.0 Å². The number of benzene rings is 2. The fraction of sp³-hybridized carbons (Fsp3) is 0.208. The Morgan fingerprint density at radius 3 is 2.69 bits per heavy atom. The fourth-order valence-electron chi connectivity index (χ4n) is 4.09. The highest BCUT2D eigenvalue weighted by molar-refractivity contribution is 7.89. The molecule has 2 N–H and O–H groups in total. The number of para-hydroxylation sites is 1. The number of nitrogens with two attached hydrogens (primary N) is 1. The van der Waals surface area contributed by atoms with E-state index >= 15 is 0 Å². The topological polar surface area (TPSA) is 105 Å². The normalized spacial score (nSPS) is 17.1.